The summed E-state index contributed by atoms with van der Waals surface area (Å²) in [5.74, 6) is 3.08. The van der Waals surface area contributed by atoms with Crippen molar-refractivity contribution < 1.29 is 4.74 Å². The summed E-state index contributed by atoms with van der Waals surface area (Å²) in [6.07, 6.45) is 0. The highest BCUT2D eigenvalue weighted by Crippen LogP contribution is 2.32. The fourth-order valence-electron chi connectivity index (χ4n) is 2.13. The van der Waals surface area contributed by atoms with Crippen LogP contribution in [0.2, 0.25) is 0 Å². The maximum atomic E-state index is 6.05. The number of benzene rings is 2. The summed E-state index contributed by atoms with van der Waals surface area (Å²) in [6.45, 7) is 4.89. The van der Waals surface area contributed by atoms with Crippen LogP contribution in [-0.4, -0.2) is 18.1 Å². The van der Waals surface area contributed by atoms with Gasteiger partial charge in [-0.1, -0.05) is 43.3 Å². The molecule has 2 N–H and O–H groups in total. The van der Waals surface area contributed by atoms with E-state index in [1.807, 2.05) is 30.8 Å². The molecule has 3 heteroatoms. The highest BCUT2D eigenvalue weighted by atomic mass is 32.2. The van der Waals surface area contributed by atoms with Gasteiger partial charge in [-0.05, 0) is 18.1 Å². The van der Waals surface area contributed by atoms with Crippen molar-refractivity contribution in [2.24, 2.45) is 5.73 Å². The molecule has 102 valence electrons. The molecule has 0 unspecified atom stereocenters. The standard InChI is InChI=1S/C16H21NOS/c1-3-19-11-10-18-16-14(12(2)17)9-8-13-6-4-5-7-15(13)16/h4-9,12H,3,10-11,17H2,1-2H3/t12-/m0/s1. The van der Waals surface area contributed by atoms with Gasteiger partial charge in [0.05, 0.1) is 6.61 Å². The van der Waals surface area contributed by atoms with E-state index in [9.17, 15) is 0 Å². The Morgan fingerprint density at radius 3 is 2.74 bits per heavy atom. The molecule has 2 aromatic rings. The predicted molar refractivity (Wildman–Crippen MR) is 85.0 cm³/mol. The summed E-state index contributed by atoms with van der Waals surface area (Å²) in [6, 6.07) is 12.5. The number of thioether (sulfide) groups is 1. The van der Waals surface area contributed by atoms with Crippen molar-refractivity contribution in [3.05, 3.63) is 42.0 Å². The van der Waals surface area contributed by atoms with Crippen LogP contribution in [0, 0.1) is 0 Å². The molecular weight excluding hydrogens is 254 g/mol. The van der Waals surface area contributed by atoms with E-state index in [1.165, 1.54) is 5.39 Å². The van der Waals surface area contributed by atoms with Crippen molar-refractivity contribution in [3.8, 4) is 5.75 Å². The number of fused-ring (bicyclic) bond motifs is 1. The van der Waals surface area contributed by atoms with Gasteiger partial charge in [-0.3, -0.25) is 0 Å². The fourth-order valence-corrected chi connectivity index (χ4v) is 2.62. The largest absolute Gasteiger partial charge is 0.492 e. The molecule has 0 saturated heterocycles. The highest BCUT2D eigenvalue weighted by molar-refractivity contribution is 7.99. The van der Waals surface area contributed by atoms with Gasteiger partial charge in [0.25, 0.3) is 0 Å². The molecule has 0 amide bonds. The van der Waals surface area contributed by atoms with Crippen molar-refractivity contribution in [3.63, 3.8) is 0 Å². The van der Waals surface area contributed by atoms with Gasteiger partial charge >= 0.3 is 0 Å². The van der Waals surface area contributed by atoms with Crippen LogP contribution in [0.4, 0.5) is 0 Å². The second kappa shape index (κ2) is 6.83. The van der Waals surface area contributed by atoms with Crippen molar-refractivity contribution in [1.82, 2.24) is 0 Å². The van der Waals surface area contributed by atoms with Crippen LogP contribution in [0.3, 0.4) is 0 Å². The van der Waals surface area contributed by atoms with Crippen LogP contribution < -0.4 is 10.5 Å². The van der Waals surface area contributed by atoms with Gasteiger partial charge in [0, 0.05) is 22.7 Å². The summed E-state index contributed by atoms with van der Waals surface area (Å²) in [5, 5.41) is 2.35. The van der Waals surface area contributed by atoms with E-state index in [0.717, 1.165) is 34.8 Å². The molecule has 0 bridgehead atoms. The minimum absolute atomic E-state index is 0.0153. The van der Waals surface area contributed by atoms with Gasteiger partial charge in [0.2, 0.25) is 0 Å². The Kier molecular flexibility index (Phi) is 5.11. The van der Waals surface area contributed by atoms with Crippen LogP contribution in [0.25, 0.3) is 10.8 Å². The fraction of sp³-hybridized carbons (Fsp3) is 0.375. The monoisotopic (exact) mass is 275 g/mol. The first-order chi connectivity index (χ1) is 9.24. The van der Waals surface area contributed by atoms with Crippen LogP contribution in [0.15, 0.2) is 36.4 Å². The molecular formula is C16H21NOS. The minimum Gasteiger partial charge on any atom is -0.492 e. The van der Waals surface area contributed by atoms with E-state index < -0.39 is 0 Å². The molecule has 0 aromatic heterocycles. The number of hydrogen-bond donors (Lipinski definition) is 1. The topological polar surface area (TPSA) is 35.2 Å². The maximum Gasteiger partial charge on any atom is 0.131 e. The molecule has 0 aliphatic heterocycles. The Bertz CT molecular complexity index is 539. The third-order valence-electron chi connectivity index (χ3n) is 3.08. The number of rotatable bonds is 6. The molecule has 2 nitrogen and oxygen atoms in total. The van der Waals surface area contributed by atoms with Crippen molar-refractivity contribution in [2.45, 2.75) is 19.9 Å². The summed E-state index contributed by atoms with van der Waals surface area (Å²) < 4.78 is 6.01. The lowest BCUT2D eigenvalue weighted by molar-refractivity contribution is 0.342. The second-order valence-corrected chi connectivity index (χ2v) is 5.93. The number of nitrogens with two attached hydrogens (primary N) is 1. The SMILES string of the molecule is CCSCCOc1c([C@H](C)N)ccc2ccccc12. The van der Waals surface area contributed by atoms with Crippen LogP contribution in [0.1, 0.15) is 25.5 Å². The minimum atomic E-state index is -0.0153. The molecule has 2 aromatic carbocycles. The highest BCUT2D eigenvalue weighted by Gasteiger charge is 2.11. The molecule has 0 aliphatic carbocycles. The smallest absolute Gasteiger partial charge is 0.131 e. The van der Waals surface area contributed by atoms with Crippen molar-refractivity contribution in [2.75, 3.05) is 18.1 Å². The van der Waals surface area contributed by atoms with Gasteiger partial charge in [0.15, 0.2) is 0 Å². The zero-order valence-electron chi connectivity index (χ0n) is 11.6. The van der Waals surface area contributed by atoms with E-state index in [4.69, 9.17) is 10.5 Å². The summed E-state index contributed by atoms with van der Waals surface area (Å²) in [7, 11) is 0. The Hall–Kier alpha value is -1.19. The zero-order chi connectivity index (χ0) is 13.7. The summed E-state index contributed by atoms with van der Waals surface area (Å²) >= 11 is 1.89. The summed E-state index contributed by atoms with van der Waals surface area (Å²) in [4.78, 5) is 0. The maximum absolute atomic E-state index is 6.05. The second-order valence-electron chi connectivity index (χ2n) is 4.54. The van der Waals surface area contributed by atoms with Gasteiger partial charge in [-0.25, -0.2) is 0 Å². The van der Waals surface area contributed by atoms with Crippen molar-refractivity contribution in [1.29, 1.82) is 0 Å². The van der Waals surface area contributed by atoms with E-state index in [-0.39, 0.29) is 6.04 Å². The molecule has 0 saturated carbocycles. The van der Waals surface area contributed by atoms with E-state index >= 15 is 0 Å². The normalized spacial score (nSPS) is 12.6. The average Bonchev–Trinajstić information content (AvgIpc) is 2.43. The molecule has 0 fully saturated rings. The van der Waals surface area contributed by atoms with Gasteiger partial charge < -0.3 is 10.5 Å². The Labute approximate surface area is 119 Å². The molecule has 0 spiro atoms. The first-order valence-electron chi connectivity index (χ1n) is 6.71. The van der Waals surface area contributed by atoms with Gasteiger partial charge in [0.1, 0.15) is 5.75 Å². The first kappa shape index (κ1) is 14.2. The predicted octanol–water partition coefficient (Wildman–Crippen LogP) is 3.99. The third-order valence-corrected chi connectivity index (χ3v) is 3.94. The molecule has 0 heterocycles. The lowest BCUT2D eigenvalue weighted by Crippen LogP contribution is -2.10. The third kappa shape index (κ3) is 3.43. The van der Waals surface area contributed by atoms with Crippen molar-refractivity contribution >= 4 is 22.5 Å². The van der Waals surface area contributed by atoms with E-state index in [1.54, 1.807) is 0 Å². The first-order valence-corrected chi connectivity index (χ1v) is 7.87. The van der Waals surface area contributed by atoms with E-state index in [0.29, 0.717) is 0 Å². The Morgan fingerprint density at radius 1 is 1.21 bits per heavy atom. The molecule has 2 rings (SSSR count). The molecule has 0 aliphatic rings. The summed E-state index contributed by atoms with van der Waals surface area (Å²) in [5.41, 5.74) is 7.13. The molecule has 1 atom stereocenters. The van der Waals surface area contributed by atoms with Crippen LogP contribution >= 0.6 is 11.8 Å². The molecule has 0 radical (unpaired) electrons. The zero-order valence-corrected chi connectivity index (χ0v) is 12.4. The van der Waals surface area contributed by atoms with Crippen LogP contribution in [-0.2, 0) is 0 Å². The van der Waals surface area contributed by atoms with Gasteiger partial charge in [-0.15, -0.1) is 0 Å². The van der Waals surface area contributed by atoms with Crippen LogP contribution in [0.5, 0.6) is 5.75 Å². The van der Waals surface area contributed by atoms with E-state index in [2.05, 4.69) is 31.2 Å². The lowest BCUT2D eigenvalue weighted by Gasteiger charge is -2.16. The Balaban J connectivity index is 2.33. The quantitative estimate of drug-likeness (QED) is 0.810. The number of ether oxygens (including phenoxy) is 1. The van der Waals surface area contributed by atoms with Gasteiger partial charge in [-0.2, -0.15) is 11.8 Å². The molecule has 19 heavy (non-hydrogen) atoms. The number of hydrogen-bond acceptors (Lipinski definition) is 3. The average molecular weight is 275 g/mol. The Morgan fingerprint density at radius 2 is 2.00 bits per heavy atom. The lowest BCUT2D eigenvalue weighted by atomic mass is 10.0.